The van der Waals surface area contributed by atoms with Crippen molar-refractivity contribution in [3.8, 4) is 0 Å². The first-order chi connectivity index (χ1) is 10.5. The molecule has 0 radical (unpaired) electrons. The first-order valence-corrected chi connectivity index (χ1v) is 6.89. The van der Waals surface area contributed by atoms with E-state index in [0.717, 1.165) is 0 Å². The van der Waals surface area contributed by atoms with E-state index in [1.165, 1.54) is 6.20 Å². The van der Waals surface area contributed by atoms with E-state index in [9.17, 15) is 9.59 Å². The number of hydrogen-bond acceptors (Lipinski definition) is 3. The highest BCUT2D eigenvalue weighted by Crippen LogP contribution is 2.27. The maximum absolute atomic E-state index is 12.6. The van der Waals surface area contributed by atoms with Crippen molar-refractivity contribution in [3.63, 3.8) is 0 Å². The van der Waals surface area contributed by atoms with Crippen LogP contribution in [0.3, 0.4) is 0 Å². The van der Waals surface area contributed by atoms with E-state index in [1.54, 1.807) is 36.0 Å². The Balaban J connectivity index is 2.21. The Kier molecular flexibility index (Phi) is 3.46. The highest BCUT2D eigenvalue weighted by molar-refractivity contribution is 6.31. The number of carbonyl (C=O) groups excluding carboxylic acids is 1. The number of aliphatic carboxylic acids is 1. The number of aromatic amines is 1. The monoisotopic (exact) mass is 317 g/mol. The lowest BCUT2D eigenvalue weighted by molar-refractivity contribution is -0.136. The predicted octanol–water partition coefficient (Wildman–Crippen LogP) is 2.41. The van der Waals surface area contributed by atoms with E-state index in [2.05, 4.69) is 9.97 Å². The molecule has 1 aromatic carbocycles. The van der Waals surface area contributed by atoms with Crippen molar-refractivity contribution in [2.75, 3.05) is 0 Å². The van der Waals surface area contributed by atoms with Crippen molar-refractivity contribution >= 4 is 34.3 Å². The minimum atomic E-state index is -1.01. The van der Waals surface area contributed by atoms with Crippen LogP contribution in [0.2, 0.25) is 5.02 Å². The van der Waals surface area contributed by atoms with E-state index in [4.69, 9.17) is 16.7 Å². The van der Waals surface area contributed by atoms with Crippen LogP contribution in [0.15, 0.2) is 30.6 Å². The number of nitrogens with zero attached hydrogens (tertiary/aromatic N) is 2. The minimum Gasteiger partial charge on any atom is -0.481 e. The molecule has 0 amide bonds. The van der Waals surface area contributed by atoms with Crippen LogP contribution in [-0.2, 0) is 18.3 Å². The maximum Gasteiger partial charge on any atom is 0.307 e. The number of carboxylic acids is 1. The van der Waals surface area contributed by atoms with Gasteiger partial charge in [0.15, 0.2) is 5.82 Å². The molecule has 22 heavy (non-hydrogen) atoms. The Morgan fingerprint density at radius 2 is 2.18 bits per heavy atom. The summed E-state index contributed by atoms with van der Waals surface area (Å²) < 4.78 is 1.59. The van der Waals surface area contributed by atoms with Gasteiger partial charge in [0, 0.05) is 40.9 Å². The molecule has 0 aliphatic heterocycles. The van der Waals surface area contributed by atoms with E-state index < -0.39 is 5.97 Å². The highest BCUT2D eigenvalue weighted by atomic mass is 35.5. The summed E-state index contributed by atoms with van der Waals surface area (Å²) >= 11 is 5.95. The van der Waals surface area contributed by atoms with Crippen LogP contribution in [0.4, 0.5) is 0 Å². The molecule has 0 atom stereocenters. The molecule has 2 aromatic heterocycles. The third-order valence-electron chi connectivity index (χ3n) is 3.45. The average molecular weight is 318 g/mol. The zero-order chi connectivity index (χ0) is 15.9. The van der Waals surface area contributed by atoms with Crippen LogP contribution in [0.1, 0.15) is 21.9 Å². The van der Waals surface area contributed by atoms with Gasteiger partial charge in [-0.3, -0.25) is 9.59 Å². The Morgan fingerprint density at radius 1 is 1.41 bits per heavy atom. The number of benzene rings is 1. The normalized spacial score (nSPS) is 11.0. The molecule has 6 nitrogen and oxygen atoms in total. The van der Waals surface area contributed by atoms with Gasteiger partial charge in [-0.1, -0.05) is 17.7 Å². The van der Waals surface area contributed by atoms with E-state index >= 15 is 0 Å². The molecule has 2 heterocycles. The van der Waals surface area contributed by atoms with Crippen molar-refractivity contribution < 1.29 is 14.7 Å². The zero-order valence-corrected chi connectivity index (χ0v) is 12.4. The van der Waals surface area contributed by atoms with Gasteiger partial charge in [-0.05, 0) is 12.1 Å². The summed E-state index contributed by atoms with van der Waals surface area (Å²) in [5.41, 5.74) is 1.29. The number of halogens is 1. The van der Waals surface area contributed by atoms with Gasteiger partial charge in [0.05, 0.1) is 12.1 Å². The highest BCUT2D eigenvalue weighted by Gasteiger charge is 2.23. The Morgan fingerprint density at radius 3 is 2.82 bits per heavy atom. The first kappa shape index (κ1) is 14.3. The van der Waals surface area contributed by atoms with Gasteiger partial charge in [-0.15, -0.1) is 0 Å². The van der Waals surface area contributed by atoms with Gasteiger partial charge >= 0.3 is 5.97 Å². The number of carboxylic acid groups (broad SMARTS) is 1. The Labute approximate surface area is 130 Å². The van der Waals surface area contributed by atoms with Gasteiger partial charge in [-0.2, -0.15) is 0 Å². The molecule has 0 fully saturated rings. The van der Waals surface area contributed by atoms with Gasteiger partial charge in [-0.25, -0.2) is 4.98 Å². The molecule has 7 heteroatoms. The second kappa shape index (κ2) is 5.31. The number of aromatic nitrogens is 3. The standard InChI is InChI=1S/C15H12ClN3O3/c1-19-5-4-17-15(19)14(22)13-10(7-12(20)21)9-3-2-8(16)6-11(9)18-13/h2-6,18H,7H2,1H3,(H,20,21). The topological polar surface area (TPSA) is 88.0 Å². The smallest absolute Gasteiger partial charge is 0.307 e. The first-order valence-electron chi connectivity index (χ1n) is 6.51. The van der Waals surface area contributed by atoms with Crippen LogP contribution >= 0.6 is 11.6 Å². The van der Waals surface area contributed by atoms with E-state index in [-0.39, 0.29) is 23.7 Å². The summed E-state index contributed by atoms with van der Waals surface area (Å²) in [5.74, 6) is -1.12. The van der Waals surface area contributed by atoms with Gasteiger partial charge in [0.25, 0.3) is 0 Å². The third kappa shape index (κ3) is 2.37. The van der Waals surface area contributed by atoms with Crippen LogP contribution in [0.25, 0.3) is 10.9 Å². The van der Waals surface area contributed by atoms with E-state index in [1.807, 2.05) is 0 Å². The van der Waals surface area contributed by atoms with E-state index in [0.29, 0.717) is 21.5 Å². The summed E-state index contributed by atoms with van der Waals surface area (Å²) in [4.78, 5) is 30.8. The molecule has 0 aliphatic rings. The molecule has 2 N–H and O–H groups in total. The lowest BCUT2D eigenvalue weighted by atomic mass is 10.0. The molecular weight excluding hydrogens is 306 g/mol. The zero-order valence-electron chi connectivity index (χ0n) is 11.6. The average Bonchev–Trinajstić information content (AvgIpc) is 3.02. The SMILES string of the molecule is Cn1ccnc1C(=O)c1[nH]c2cc(Cl)ccc2c1CC(=O)O. The largest absolute Gasteiger partial charge is 0.481 e. The summed E-state index contributed by atoms with van der Waals surface area (Å²) in [6, 6.07) is 5.04. The number of hydrogen-bond donors (Lipinski definition) is 2. The number of ketones is 1. The number of rotatable bonds is 4. The molecule has 0 bridgehead atoms. The van der Waals surface area contributed by atoms with Crippen molar-refractivity contribution in [2.24, 2.45) is 7.05 Å². The molecular formula is C15H12ClN3O3. The van der Waals surface area contributed by atoms with Crippen molar-refractivity contribution in [2.45, 2.75) is 6.42 Å². The number of fused-ring (bicyclic) bond motifs is 1. The predicted molar refractivity (Wildman–Crippen MR) is 81.3 cm³/mol. The number of carbonyl (C=O) groups is 2. The fraction of sp³-hybridized carbons (Fsp3) is 0.133. The molecule has 0 spiro atoms. The summed E-state index contributed by atoms with van der Waals surface area (Å²) in [6.45, 7) is 0. The second-order valence-corrected chi connectivity index (χ2v) is 5.37. The fourth-order valence-corrected chi connectivity index (χ4v) is 2.62. The van der Waals surface area contributed by atoms with Crippen molar-refractivity contribution in [1.29, 1.82) is 0 Å². The lowest BCUT2D eigenvalue weighted by Gasteiger charge is -2.02. The number of imidazole rings is 1. The number of aryl methyl sites for hydroxylation is 1. The van der Waals surface area contributed by atoms with Gasteiger partial charge in [0.1, 0.15) is 0 Å². The van der Waals surface area contributed by atoms with Crippen molar-refractivity contribution in [3.05, 3.63) is 52.7 Å². The Hall–Kier alpha value is -2.60. The summed E-state index contributed by atoms with van der Waals surface area (Å²) in [7, 11) is 1.70. The Bertz CT molecular complexity index is 895. The second-order valence-electron chi connectivity index (χ2n) is 4.93. The molecule has 3 aromatic rings. The number of H-pyrrole nitrogens is 1. The molecule has 112 valence electrons. The van der Waals surface area contributed by atoms with Crippen LogP contribution in [-0.4, -0.2) is 31.4 Å². The quantitative estimate of drug-likeness (QED) is 0.723. The minimum absolute atomic E-state index is 0.231. The van der Waals surface area contributed by atoms with Crippen molar-refractivity contribution in [1.82, 2.24) is 14.5 Å². The molecule has 0 saturated heterocycles. The molecule has 0 aliphatic carbocycles. The van der Waals surface area contributed by atoms with Gasteiger partial charge in [0.2, 0.25) is 5.78 Å². The maximum atomic E-state index is 12.6. The van der Waals surface area contributed by atoms with Crippen LogP contribution < -0.4 is 0 Å². The number of nitrogens with one attached hydrogen (secondary N) is 1. The fourth-order valence-electron chi connectivity index (χ4n) is 2.45. The van der Waals surface area contributed by atoms with Crippen LogP contribution in [0.5, 0.6) is 0 Å². The summed E-state index contributed by atoms with van der Waals surface area (Å²) in [6.07, 6.45) is 2.92. The third-order valence-corrected chi connectivity index (χ3v) is 3.68. The summed E-state index contributed by atoms with van der Waals surface area (Å²) in [5, 5.41) is 10.3. The van der Waals surface area contributed by atoms with Gasteiger partial charge < -0.3 is 14.7 Å². The molecule has 3 rings (SSSR count). The molecule has 0 unspecified atom stereocenters. The lowest BCUT2D eigenvalue weighted by Crippen LogP contribution is -2.12. The molecule has 0 saturated carbocycles. The van der Waals surface area contributed by atoms with Crippen LogP contribution in [0, 0.1) is 0 Å².